The second-order valence-corrected chi connectivity index (χ2v) is 1.11. The molecule has 0 amide bonds. The second-order valence-electron chi connectivity index (χ2n) is 1.11. The highest BCUT2D eigenvalue weighted by Gasteiger charge is 1.77. The number of oxazole rings is 1. The topological polar surface area (TPSA) is 26.0 Å². The Morgan fingerprint density at radius 1 is 1.71 bits per heavy atom. The fourth-order valence-electron chi connectivity index (χ4n) is 0.279. The second kappa shape index (κ2) is 2.39. The summed E-state index contributed by atoms with van der Waals surface area (Å²) in [4.78, 5) is 3.66. The molecule has 0 bridgehead atoms. The molecule has 1 aromatic rings. The molecule has 0 aliphatic rings. The van der Waals surface area contributed by atoms with Crippen molar-refractivity contribution in [3.63, 3.8) is 0 Å². The van der Waals surface area contributed by atoms with E-state index in [-0.39, 0.29) is 7.43 Å². The molecule has 0 spiro atoms. The first kappa shape index (κ1) is 6.21. The van der Waals surface area contributed by atoms with Gasteiger partial charge in [-0.25, -0.2) is 4.98 Å². The van der Waals surface area contributed by atoms with E-state index in [1.54, 1.807) is 6.20 Å². The average Bonchev–Trinajstić information content (AvgIpc) is 1.86. The van der Waals surface area contributed by atoms with Gasteiger partial charge in [-0.1, -0.05) is 7.43 Å². The van der Waals surface area contributed by atoms with Gasteiger partial charge in [0, 0.05) is 0 Å². The van der Waals surface area contributed by atoms with Gasteiger partial charge in [0.1, 0.15) is 5.76 Å². The van der Waals surface area contributed by atoms with E-state index in [0.717, 1.165) is 5.76 Å². The Labute approximate surface area is 43.2 Å². The molecule has 0 aliphatic carbocycles. The number of nitrogens with zero attached hydrogens (tertiary/aromatic N) is 1. The third-order valence-electron chi connectivity index (χ3n) is 0.556. The number of rotatable bonds is 0. The molecule has 0 atom stereocenters. The average molecular weight is 99.1 g/mol. The molecule has 1 heterocycles. The van der Waals surface area contributed by atoms with Crippen molar-refractivity contribution in [2.45, 2.75) is 14.4 Å². The van der Waals surface area contributed by atoms with Crippen LogP contribution in [0.1, 0.15) is 13.2 Å². The predicted molar refractivity (Wildman–Crippen MR) is 28.0 cm³/mol. The van der Waals surface area contributed by atoms with Crippen LogP contribution in [0.5, 0.6) is 0 Å². The molecule has 0 unspecified atom stereocenters. The lowest BCUT2D eigenvalue weighted by Gasteiger charge is -1.66. The van der Waals surface area contributed by atoms with E-state index in [1.165, 1.54) is 6.39 Å². The molecule has 1 aromatic heterocycles. The maximum atomic E-state index is 4.72. The van der Waals surface area contributed by atoms with Crippen LogP contribution in [0.15, 0.2) is 17.0 Å². The molecular formula is C5H9NO. The summed E-state index contributed by atoms with van der Waals surface area (Å²) < 4.78 is 4.72. The maximum Gasteiger partial charge on any atom is 0.180 e. The van der Waals surface area contributed by atoms with Crippen molar-refractivity contribution in [3.05, 3.63) is 18.4 Å². The monoisotopic (exact) mass is 99.1 g/mol. The van der Waals surface area contributed by atoms with Crippen molar-refractivity contribution in [3.8, 4) is 0 Å². The summed E-state index contributed by atoms with van der Waals surface area (Å²) in [7, 11) is 0. The minimum absolute atomic E-state index is 0. The molecule has 0 fully saturated rings. The zero-order valence-corrected chi connectivity index (χ0v) is 3.51. The minimum atomic E-state index is 0. The zero-order chi connectivity index (χ0) is 4.41. The first-order valence-corrected chi connectivity index (χ1v) is 1.74. The van der Waals surface area contributed by atoms with Crippen LogP contribution < -0.4 is 0 Å². The molecule has 0 aromatic carbocycles. The Morgan fingerprint density at radius 2 is 2.43 bits per heavy atom. The van der Waals surface area contributed by atoms with Gasteiger partial charge in [0.05, 0.1) is 6.20 Å². The van der Waals surface area contributed by atoms with Gasteiger partial charge in [-0.05, 0) is 6.92 Å². The van der Waals surface area contributed by atoms with Crippen LogP contribution in [0, 0.1) is 6.92 Å². The Morgan fingerprint density at radius 3 is 2.57 bits per heavy atom. The van der Waals surface area contributed by atoms with Gasteiger partial charge in [-0.15, -0.1) is 0 Å². The van der Waals surface area contributed by atoms with Gasteiger partial charge >= 0.3 is 0 Å². The van der Waals surface area contributed by atoms with E-state index in [4.69, 9.17) is 4.42 Å². The number of aryl methyl sites for hydroxylation is 1. The van der Waals surface area contributed by atoms with E-state index >= 15 is 0 Å². The summed E-state index contributed by atoms with van der Waals surface area (Å²) in [6.45, 7) is 1.85. The Bertz CT molecular complexity index is 112. The third-order valence-corrected chi connectivity index (χ3v) is 0.556. The lowest BCUT2D eigenvalue weighted by atomic mass is 10.6. The lowest BCUT2D eigenvalue weighted by Crippen LogP contribution is -1.50. The van der Waals surface area contributed by atoms with Crippen LogP contribution in [0.2, 0.25) is 0 Å². The summed E-state index contributed by atoms with van der Waals surface area (Å²) in [5, 5.41) is 0. The van der Waals surface area contributed by atoms with Crippen molar-refractivity contribution in [1.82, 2.24) is 4.98 Å². The summed E-state index contributed by atoms with van der Waals surface area (Å²) in [5.74, 6) is 0.856. The number of hydrogen-bond donors (Lipinski definition) is 0. The van der Waals surface area contributed by atoms with Crippen molar-refractivity contribution in [2.24, 2.45) is 0 Å². The fraction of sp³-hybridized carbons (Fsp3) is 0.400. The maximum absolute atomic E-state index is 4.72. The van der Waals surface area contributed by atoms with Crippen molar-refractivity contribution in [2.75, 3.05) is 0 Å². The molecule has 0 radical (unpaired) electrons. The van der Waals surface area contributed by atoms with Gasteiger partial charge in [0.25, 0.3) is 0 Å². The molecule has 0 aliphatic heterocycles. The van der Waals surface area contributed by atoms with Crippen LogP contribution in [0.3, 0.4) is 0 Å². The van der Waals surface area contributed by atoms with Crippen LogP contribution >= 0.6 is 0 Å². The molecule has 0 saturated heterocycles. The first-order valence-electron chi connectivity index (χ1n) is 1.74. The number of aromatic nitrogens is 1. The highest BCUT2D eigenvalue weighted by molar-refractivity contribution is 4.80. The minimum Gasteiger partial charge on any atom is -0.449 e. The van der Waals surface area contributed by atoms with Crippen LogP contribution in [0.25, 0.3) is 0 Å². The van der Waals surface area contributed by atoms with Crippen molar-refractivity contribution < 1.29 is 4.42 Å². The summed E-state index contributed by atoms with van der Waals surface area (Å²) >= 11 is 0. The molecule has 1 rings (SSSR count). The van der Waals surface area contributed by atoms with Gasteiger partial charge in [-0.3, -0.25) is 0 Å². The largest absolute Gasteiger partial charge is 0.449 e. The molecule has 0 saturated carbocycles. The van der Waals surface area contributed by atoms with Crippen LogP contribution in [0.4, 0.5) is 0 Å². The Hall–Kier alpha value is -0.790. The van der Waals surface area contributed by atoms with Crippen molar-refractivity contribution >= 4 is 0 Å². The Kier molecular flexibility index (Phi) is 2.12. The van der Waals surface area contributed by atoms with E-state index in [2.05, 4.69) is 4.98 Å². The van der Waals surface area contributed by atoms with Gasteiger partial charge < -0.3 is 4.42 Å². The molecule has 7 heavy (non-hydrogen) atoms. The highest BCUT2D eigenvalue weighted by Crippen LogP contribution is 1.88. The van der Waals surface area contributed by atoms with Gasteiger partial charge in [0.15, 0.2) is 6.39 Å². The van der Waals surface area contributed by atoms with Crippen LogP contribution in [-0.2, 0) is 0 Å². The zero-order valence-electron chi connectivity index (χ0n) is 3.51. The predicted octanol–water partition coefficient (Wildman–Crippen LogP) is 1.62. The first-order chi connectivity index (χ1) is 2.89. The van der Waals surface area contributed by atoms with Gasteiger partial charge in [0.2, 0.25) is 0 Å². The summed E-state index contributed by atoms with van der Waals surface area (Å²) in [6, 6.07) is 0. The standard InChI is InChI=1S/C4H5NO.CH4/c1-4-2-5-3-6-4;/h2-3H,1H3;1H4. The third kappa shape index (κ3) is 1.39. The van der Waals surface area contributed by atoms with E-state index in [9.17, 15) is 0 Å². The van der Waals surface area contributed by atoms with E-state index in [0.29, 0.717) is 0 Å². The normalized spacial score (nSPS) is 7.57. The fourth-order valence-corrected chi connectivity index (χ4v) is 0.279. The number of hydrogen-bond acceptors (Lipinski definition) is 2. The van der Waals surface area contributed by atoms with Gasteiger partial charge in [-0.2, -0.15) is 0 Å². The molecule has 2 heteroatoms. The van der Waals surface area contributed by atoms with E-state index in [1.807, 2.05) is 6.92 Å². The SMILES string of the molecule is C.Cc1cnco1. The van der Waals surface area contributed by atoms with Crippen molar-refractivity contribution in [1.29, 1.82) is 0 Å². The molecule has 2 nitrogen and oxygen atoms in total. The molecule has 0 N–H and O–H groups in total. The summed E-state index contributed by atoms with van der Waals surface area (Å²) in [6.07, 6.45) is 3.08. The Balaban J connectivity index is 0.000000360. The summed E-state index contributed by atoms with van der Waals surface area (Å²) in [5.41, 5.74) is 0. The molecular weight excluding hydrogens is 90.1 g/mol. The van der Waals surface area contributed by atoms with Crippen LogP contribution in [-0.4, -0.2) is 4.98 Å². The quantitative estimate of drug-likeness (QED) is 0.494. The molecule has 40 valence electrons. The smallest absolute Gasteiger partial charge is 0.180 e. The highest BCUT2D eigenvalue weighted by atomic mass is 16.3. The lowest BCUT2D eigenvalue weighted by molar-refractivity contribution is 0.527. The van der Waals surface area contributed by atoms with E-state index < -0.39 is 0 Å².